The molecule has 4 N–H and O–H groups in total. The zero-order valence-electron chi connectivity index (χ0n) is 11.7. The van der Waals surface area contributed by atoms with E-state index in [1.54, 1.807) is 0 Å². The number of likely N-dealkylation sites (tertiary alicyclic amines) is 1. The van der Waals surface area contributed by atoms with Crippen molar-refractivity contribution in [1.82, 2.24) is 4.90 Å². The normalized spacial score (nSPS) is 33.2. The number of rotatable bonds is 2. The molecule has 1 heterocycles. The van der Waals surface area contributed by atoms with Gasteiger partial charge in [-0.1, -0.05) is 6.92 Å². The van der Waals surface area contributed by atoms with Crippen LogP contribution < -0.4 is 11.5 Å². The maximum Gasteiger partial charge on any atom is 0.225 e. The lowest BCUT2D eigenvalue weighted by molar-refractivity contribution is -0.140. The van der Waals surface area contributed by atoms with Gasteiger partial charge >= 0.3 is 0 Å². The molecule has 0 radical (unpaired) electrons. The molecule has 108 valence electrons. The number of carbonyl (C=O) groups excluding carboxylic acids is 2. The van der Waals surface area contributed by atoms with E-state index in [4.69, 9.17) is 11.5 Å². The van der Waals surface area contributed by atoms with E-state index in [1.165, 1.54) is 0 Å². The molecule has 1 saturated heterocycles. The van der Waals surface area contributed by atoms with Crippen LogP contribution in [0.5, 0.6) is 0 Å². The number of hydrogen-bond donors (Lipinski definition) is 2. The minimum absolute atomic E-state index is 0.0577. The molecule has 0 bridgehead atoms. The van der Waals surface area contributed by atoms with Gasteiger partial charge in [-0.15, -0.1) is 0 Å². The molecule has 5 heteroatoms. The summed E-state index contributed by atoms with van der Waals surface area (Å²) < 4.78 is 0. The molecule has 3 atom stereocenters. The van der Waals surface area contributed by atoms with Crippen LogP contribution in [-0.4, -0.2) is 35.8 Å². The van der Waals surface area contributed by atoms with E-state index in [9.17, 15) is 9.59 Å². The Balaban J connectivity index is 1.86. The molecule has 3 unspecified atom stereocenters. The third kappa shape index (κ3) is 3.26. The Morgan fingerprint density at radius 2 is 1.68 bits per heavy atom. The van der Waals surface area contributed by atoms with Gasteiger partial charge in [0.25, 0.3) is 0 Å². The van der Waals surface area contributed by atoms with E-state index in [0.29, 0.717) is 31.8 Å². The lowest BCUT2D eigenvalue weighted by atomic mass is 9.78. The number of hydrogen-bond acceptors (Lipinski definition) is 3. The topological polar surface area (TPSA) is 89.4 Å². The van der Waals surface area contributed by atoms with E-state index >= 15 is 0 Å². The smallest absolute Gasteiger partial charge is 0.225 e. The summed E-state index contributed by atoms with van der Waals surface area (Å²) in [5.74, 6) is 0.532. The average Bonchev–Trinajstić information content (AvgIpc) is 2.41. The molecule has 1 saturated carbocycles. The van der Waals surface area contributed by atoms with Gasteiger partial charge in [0.05, 0.1) is 0 Å². The van der Waals surface area contributed by atoms with E-state index in [1.807, 2.05) is 4.90 Å². The van der Waals surface area contributed by atoms with Crippen LogP contribution in [0.3, 0.4) is 0 Å². The predicted molar refractivity (Wildman–Crippen MR) is 73.0 cm³/mol. The molecule has 0 aromatic heterocycles. The van der Waals surface area contributed by atoms with Crippen molar-refractivity contribution in [3.8, 4) is 0 Å². The molecule has 0 spiro atoms. The van der Waals surface area contributed by atoms with Gasteiger partial charge in [0.2, 0.25) is 11.8 Å². The molecule has 19 heavy (non-hydrogen) atoms. The second-order valence-electron chi connectivity index (χ2n) is 6.15. The summed E-state index contributed by atoms with van der Waals surface area (Å²) in [7, 11) is 0. The molecule has 2 aliphatic rings. The molecule has 0 aromatic rings. The summed E-state index contributed by atoms with van der Waals surface area (Å²) in [4.78, 5) is 25.4. The number of piperidine rings is 1. The van der Waals surface area contributed by atoms with Crippen LogP contribution in [0.4, 0.5) is 0 Å². The van der Waals surface area contributed by atoms with Crippen LogP contribution in [0.15, 0.2) is 0 Å². The first-order valence-corrected chi connectivity index (χ1v) is 7.32. The lowest BCUT2D eigenvalue weighted by Gasteiger charge is -2.37. The highest BCUT2D eigenvalue weighted by Gasteiger charge is 2.34. The zero-order valence-corrected chi connectivity index (χ0v) is 11.7. The molecule has 5 nitrogen and oxygen atoms in total. The third-order valence-corrected chi connectivity index (χ3v) is 4.82. The third-order valence-electron chi connectivity index (χ3n) is 4.82. The maximum absolute atomic E-state index is 12.4. The minimum atomic E-state index is -0.236. The van der Waals surface area contributed by atoms with Crippen molar-refractivity contribution < 1.29 is 9.59 Å². The van der Waals surface area contributed by atoms with Crippen molar-refractivity contribution in [3.63, 3.8) is 0 Å². The Labute approximate surface area is 114 Å². The summed E-state index contributed by atoms with van der Waals surface area (Å²) >= 11 is 0. The second-order valence-corrected chi connectivity index (χ2v) is 6.15. The Kier molecular flexibility index (Phi) is 4.45. The van der Waals surface area contributed by atoms with Gasteiger partial charge in [-0.25, -0.2) is 0 Å². The quantitative estimate of drug-likeness (QED) is 0.762. The average molecular weight is 267 g/mol. The highest BCUT2D eigenvalue weighted by molar-refractivity contribution is 5.80. The van der Waals surface area contributed by atoms with Crippen LogP contribution in [0.2, 0.25) is 0 Å². The fraction of sp³-hybridized carbons (Fsp3) is 0.857. The van der Waals surface area contributed by atoms with Crippen LogP contribution >= 0.6 is 0 Å². The van der Waals surface area contributed by atoms with Crippen molar-refractivity contribution in [3.05, 3.63) is 0 Å². The van der Waals surface area contributed by atoms with Gasteiger partial charge in [0, 0.05) is 31.0 Å². The van der Waals surface area contributed by atoms with Crippen molar-refractivity contribution in [2.75, 3.05) is 13.1 Å². The van der Waals surface area contributed by atoms with E-state index in [2.05, 4.69) is 6.92 Å². The predicted octanol–water partition coefficient (Wildman–Crippen LogP) is 0.474. The number of primary amides is 1. The lowest BCUT2D eigenvalue weighted by Crippen LogP contribution is -2.47. The van der Waals surface area contributed by atoms with Gasteiger partial charge in [-0.2, -0.15) is 0 Å². The molecule has 0 aromatic carbocycles. The molecular weight excluding hydrogens is 242 g/mol. The molecule has 2 fully saturated rings. The molecular formula is C14H25N3O2. The van der Waals surface area contributed by atoms with Crippen molar-refractivity contribution in [2.45, 2.75) is 45.1 Å². The SMILES string of the molecule is CC1CCC(C(=O)N2CCC(C(N)=O)CC2)CC1N. The van der Waals surface area contributed by atoms with Crippen molar-refractivity contribution in [2.24, 2.45) is 29.2 Å². The molecule has 1 aliphatic carbocycles. The Morgan fingerprint density at radius 1 is 1.05 bits per heavy atom. The largest absolute Gasteiger partial charge is 0.369 e. The minimum Gasteiger partial charge on any atom is -0.369 e. The van der Waals surface area contributed by atoms with E-state index in [0.717, 1.165) is 19.3 Å². The molecule has 1 aliphatic heterocycles. The highest BCUT2D eigenvalue weighted by atomic mass is 16.2. The first-order chi connectivity index (χ1) is 8.99. The summed E-state index contributed by atoms with van der Waals surface area (Å²) in [6.45, 7) is 3.48. The van der Waals surface area contributed by atoms with Gasteiger partial charge in [0.15, 0.2) is 0 Å². The zero-order chi connectivity index (χ0) is 14.0. The Bertz CT molecular complexity index is 351. The first-order valence-electron chi connectivity index (χ1n) is 7.32. The van der Waals surface area contributed by atoms with Gasteiger partial charge in [-0.3, -0.25) is 9.59 Å². The number of amides is 2. The van der Waals surface area contributed by atoms with Crippen LogP contribution in [0.25, 0.3) is 0 Å². The standard InChI is InChI=1S/C14H25N3O2/c1-9-2-3-11(8-12(9)15)14(19)17-6-4-10(5-7-17)13(16)18/h9-12H,2-8,15H2,1H3,(H2,16,18). The Hall–Kier alpha value is -1.10. The van der Waals surface area contributed by atoms with Gasteiger partial charge in [0.1, 0.15) is 0 Å². The Morgan fingerprint density at radius 3 is 2.21 bits per heavy atom. The molecule has 2 rings (SSSR count). The maximum atomic E-state index is 12.4. The van der Waals surface area contributed by atoms with Crippen LogP contribution in [0.1, 0.15) is 39.0 Å². The van der Waals surface area contributed by atoms with Crippen LogP contribution in [-0.2, 0) is 9.59 Å². The van der Waals surface area contributed by atoms with Crippen LogP contribution in [0, 0.1) is 17.8 Å². The van der Waals surface area contributed by atoms with Crippen molar-refractivity contribution >= 4 is 11.8 Å². The molecule has 2 amide bonds. The van der Waals surface area contributed by atoms with E-state index < -0.39 is 0 Å². The van der Waals surface area contributed by atoms with Crippen molar-refractivity contribution in [1.29, 1.82) is 0 Å². The number of carbonyl (C=O) groups is 2. The first kappa shape index (κ1) is 14.3. The fourth-order valence-corrected chi connectivity index (χ4v) is 3.22. The van der Waals surface area contributed by atoms with E-state index in [-0.39, 0.29) is 29.7 Å². The fourth-order valence-electron chi connectivity index (χ4n) is 3.22. The monoisotopic (exact) mass is 267 g/mol. The number of nitrogens with two attached hydrogens (primary N) is 2. The summed E-state index contributed by atoms with van der Waals surface area (Å²) in [5.41, 5.74) is 11.4. The summed E-state index contributed by atoms with van der Waals surface area (Å²) in [6.07, 6.45) is 4.20. The summed E-state index contributed by atoms with van der Waals surface area (Å²) in [5, 5.41) is 0. The van der Waals surface area contributed by atoms with Gasteiger partial charge < -0.3 is 16.4 Å². The second kappa shape index (κ2) is 5.90. The van der Waals surface area contributed by atoms with Gasteiger partial charge in [-0.05, 0) is 38.0 Å². The number of nitrogens with zero attached hydrogens (tertiary/aromatic N) is 1. The summed E-state index contributed by atoms with van der Waals surface area (Å²) in [6, 6.07) is 0.144. The highest BCUT2D eigenvalue weighted by Crippen LogP contribution is 2.30.